The first kappa shape index (κ1) is 26.1. The van der Waals surface area contributed by atoms with Crippen molar-refractivity contribution >= 4 is 5.69 Å². The molecule has 0 atom stereocenters. The summed E-state index contributed by atoms with van der Waals surface area (Å²) in [6, 6.07) is 9.11. The fourth-order valence-corrected chi connectivity index (χ4v) is 4.30. The largest absolute Gasteiger partial charge is 0.347 e. The summed E-state index contributed by atoms with van der Waals surface area (Å²) in [5.74, 6) is 0.547. The van der Waals surface area contributed by atoms with Crippen LogP contribution in [0.1, 0.15) is 56.7 Å². The maximum absolute atomic E-state index is 11.6. The van der Waals surface area contributed by atoms with Crippen molar-refractivity contribution in [2.24, 2.45) is 0 Å². The van der Waals surface area contributed by atoms with E-state index in [0.29, 0.717) is 18.8 Å². The summed E-state index contributed by atoms with van der Waals surface area (Å²) in [7, 11) is 3.22. The van der Waals surface area contributed by atoms with Crippen molar-refractivity contribution < 1.29 is 14.4 Å². The molecule has 0 unspecified atom stereocenters. The van der Waals surface area contributed by atoms with E-state index in [4.69, 9.17) is 19.6 Å². The van der Waals surface area contributed by atoms with Crippen LogP contribution in [0.25, 0.3) is 17.2 Å². The van der Waals surface area contributed by atoms with E-state index in [1.54, 1.807) is 25.0 Å². The van der Waals surface area contributed by atoms with Crippen LogP contribution < -0.4 is 0 Å². The lowest BCUT2D eigenvalue weighted by atomic mass is 10.1. The number of benzene rings is 1. The molecule has 0 radical (unpaired) electrons. The smallest absolute Gasteiger partial charge is 0.298 e. The molecule has 3 heterocycles. The number of nitro groups is 1. The molecule has 196 valence electrons. The van der Waals surface area contributed by atoms with E-state index in [-0.39, 0.29) is 17.2 Å². The number of aromatic nitrogens is 8. The standard InChI is InChI=1S/C24H31N9O4/c1-5-7-8-20-25-23(24(36-3,37-4)14-6-2)28-32(20)16-17-9-11-18(12-10-17)31-15-13-19(33(34)35)21(31)22-26-29-30-27-22/h9-13,15H,5-8,14,16H2,1-4H3,(H,26,27,29,30). The van der Waals surface area contributed by atoms with Crippen LogP contribution in [0.2, 0.25) is 0 Å². The van der Waals surface area contributed by atoms with Crippen molar-refractivity contribution in [3.63, 3.8) is 0 Å². The number of H-pyrrole nitrogens is 1. The number of tetrazole rings is 1. The number of aryl methyl sites for hydroxylation is 1. The quantitative estimate of drug-likeness (QED) is 0.161. The zero-order chi connectivity index (χ0) is 26.4. The van der Waals surface area contributed by atoms with Gasteiger partial charge in [-0.05, 0) is 29.3 Å². The molecule has 0 amide bonds. The third-order valence-electron chi connectivity index (χ3n) is 6.25. The van der Waals surface area contributed by atoms with Gasteiger partial charge in [0.05, 0.1) is 11.5 Å². The maximum Gasteiger partial charge on any atom is 0.298 e. The zero-order valence-electron chi connectivity index (χ0n) is 21.4. The van der Waals surface area contributed by atoms with Gasteiger partial charge in [0, 0.05) is 45.0 Å². The molecule has 4 rings (SSSR count). The molecular weight excluding hydrogens is 478 g/mol. The van der Waals surface area contributed by atoms with E-state index in [2.05, 4.69) is 34.5 Å². The maximum atomic E-state index is 11.6. The second kappa shape index (κ2) is 11.4. The minimum Gasteiger partial charge on any atom is -0.347 e. The molecule has 3 aromatic heterocycles. The third-order valence-corrected chi connectivity index (χ3v) is 6.25. The van der Waals surface area contributed by atoms with Crippen molar-refractivity contribution in [1.82, 2.24) is 40.0 Å². The van der Waals surface area contributed by atoms with Gasteiger partial charge in [-0.25, -0.2) is 9.67 Å². The van der Waals surface area contributed by atoms with Gasteiger partial charge >= 0.3 is 0 Å². The molecule has 0 saturated heterocycles. The normalized spacial score (nSPS) is 11.8. The summed E-state index contributed by atoms with van der Waals surface area (Å²) in [4.78, 5) is 15.9. The Hall–Kier alpha value is -3.97. The molecule has 0 aliphatic carbocycles. The van der Waals surface area contributed by atoms with Gasteiger partial charge in [-0.15, -0.1) is 15.3 Å². The summed E-state index contributed by atoms with van der Waals surface area (Å²) < 4.78 is 15.0. The Morgan fingerprint density at radius 2 is 1.86 bits per heavy atom. The number of nitrogens with zero attached hydrogens (tertiary/aromatic N) is 8. The van der Waals surface area contributed by atoms with Gasteiger partial charge < -0.3 is 14.0 Å². The van der Waals surface area contributed by atoms with Gasteiger partial charge in [0.1, 0.15) is 5.82 Å². The van der Waals surface area contributed by atoms with Gasteiger partial charge in [-0.3, -0.25) is 10.1 Å². The summed E-state index contributed by atoms with van der Waals surface area (Å²) in [6.07, 6.45) is 5.93. The molecule has 1 N–H and O–H groups in total. The first-order valence-corrected chi connectivity index (χ1v) is 12.2. The van der Waals surface area contributed by atoms with Gasteiger partial charge in [-0.1, -0.05) is 38.8 Å². The summed E-state index contributed by atoms with van der Waals surface area (Å²) >= 11 is 0. The molecular formula is C24H31N9O4. The number of ether oxygens (including phenoxy) is 2. The van der Waals surface area contributed by atoms with Crippen molar-refractivity contribution in [2.75, 3.05) is 14.2 Å². The lowest BCUT2D eigenvalue weighted by Crippen LogP contribution is -2.32. The SMILES string of the molecule is CCCCc1nc(C(CCC)(OC)OC)nn1Cc1ccc(-n2ccc([N+](=O)[O-])c2-c2nn[nH]n2)cc1. The second-order valence-electron chi connectivity index (χ2n) is 8.60. The Balaban J connectivity index is 1.65. The number of methoxy groups -OCH3 is 2. The van der Waals surface area contributed by atoms with Crippen LogP contribution in [-0.4, -0.2) is 59.1 Å². The minimum atomic E-state index is -0.987. The van der Waals surface area contributed by atoms with Gasteiger partial charge in [0.2, 0.25) is 17.4 Å². The number of nitrogens with one attached hydrogen (secondary N) is 1. The number of hydrogen-bond acceptors (Lipinski definition) is 9. The Labute approximate surface area is 214 Å². The average molecular weight is 510 g/mol. The van der Waals surface area contributed by atoms with Crippen LogP contribution >= 0.6 is 0 Å². The molecule has 13 nitrogen and oxygen atoms in total. The van der Waals surface area contributed by atoms with Crippen molar-refractivity contribution in [3.05, 3.63) is 63.9 Å². The van der Waals surface area contributed by atoms with Crippen molar-refractivity contribution in [2.45, 2.75) is 58.3 Å². The molecule has 0 fully saturated rings. The zero-order valence-corrected chi connectivity index (χ0v) is 21.4. The van der Waals surface area contributed by atoms with Gasteiger partial charge in [0.25, 0.3) is 5.69 Å². The highest BCUT2D eigenvalue weighted by Gasteiger charge is 2.36. The van der Waals surface area contributed by atoms with E-state index < -0.39 is 10.7 Å². The fraction of sp³-hybridized carbons (Fsp3) is 0.458. The number of rotatable bonds is 13. The number of unbranched alkanes of at least 4 members (excludes halogenated alkanes) is 1. The fourth-order valence-electron chi connectivity index (χ4n) is 4.30. The van der Waals surface area contributed by atoms with E-state index in [0.717, 1.165) is 42.8 Å². The molecule has 13 heteroatoms. The lowest BCUT2D eigenvalue weighted by Gasteiger charge is -2.27. The molecule has 0 spiro atoms. The minimum absolute atomic E-state index is 0.104. The molecule has 37 heavy (non-hydrogen) atoms. The van der Waals surface area contributed by atoms with Crippen LogP contribution in [-0.2, 0) is 28.2 Å². The van der Waals surface area contributed by atoms with Gasteiger partial charge in [-0.2, -0.15) is 5.21 Å². The van der Waals surface area contributed by atoms with Crippen LogP contribution in [0.5, 0.6) is 0 Å². The number of hydrogen-bond donors (Lipinski definition) is 1. The monoisotopic (exact) mass is 509 g/mol. The lowest BCUT2D eigenvalue weighted by molar-refractivity contribution is -0.384. The highest BCUT2D eigenvalue weighted by molar-refractivity contribution is 5.67. The molecule has 1 aromatic carbocycles. The summed E-state index contributed by atoms with van der Waals surface area (Å²) in [5, 5.41) is 30.1. The van der Waals surface area contributed by atoms with Crippen LogP contribution in [0, 0.1) is 10.1 Å². The van der Waals surface area contributed by atoms with E-state index >= 15 is 0 Å². The molecule has 0 aliphatic heterocycles. The predicted molar refractivity (Wildman–Crippen MR) is 134 cm³/mol. The average Bonchev–Trinajstić information content (AvgIpc) is 3.66. The van der Waals surface area contributed by atoms with E-state index in [9.17, 15) is 10.1 Å². The second-order valence-corrected chi connectivity index (χ2v) is 8.60. The Morgan fingerprint density at radius 3 is 2.46 bits per heavy atom. The summed E-state index contributed by atoms with van der Waals surface area (Å²) in [5.41, 5.74) is 1.87. The van der Waals surface area contributed by atoms with Crippen LogP contribution in [0.3, 0.4) is 0 Å². The third kappa shape index (κ3) is 5.27. The predicted octanol–water partition coefficient (Wildman–Crippen LogP) is 3.79. The van der Waals surface area contributed by atoms with E-state index in [1.165, 1.54) is 6.07 Å². The Kier molecular flexibility index (Phi) is 8.04. The van der Waals surface area contributed by atoms with Gasteiger partial charge in [0.15, 0.2) is 5.69 Å². The molecule has 4 aromatic rings. The van der Waals surface area contributed by atoms with Crippen molar-refractivity contribution in [3.8, 4) is 17.2 Å². The number of aromatic amines is 1. The van der Waals surface area contributed by atoms with Crippen molar-refractivity contribution in [1.29, 1.82) is 0 Å². The highest BCUT2D eigenvalue weighted by Crippen LogP contribution is 2.32. The Morgan fingerprint density at radius 1 is 1.11 bits per heavy atom. The molecule has 0 bridgehead atoms. The van der Waals surface area contributed by atoms with E-state index in [1.807, 2.05) is 28.9 Å². The molecule has 0 aliphatic rings. The highest BCUT2D eigenvalue weighted by atomic mass is 16.7. The van der Waals surface area contributed by atoms with Crippen LogP contribution in [0.15, 0.2) is 36.5 Å². The Bertz CT molecular complexity index is 1310. The first-order chi connectivity index (χ1) is 18.0. The topological polar surface area (TPSA) is 152 Å². The first-order valence-electron chi connectivity index (χ1n) is 12.2. The molecule has 0 saturated carbocycles. The summed E-state index contributed by atoms with van der Waals surface area (Å²) in [6.45, 7) is 4.71. The van der Waals surface area contributed by atoms with Crippen LogP contribution in [0.4, 0.5) is 5.69 Å².